The summed E-state index contributed by atoms with van der Waals surface area (Å²) in [6.45, 7) is 0. The fourth-order valence-corrected chi connectivity index (χ4v) is 3.22. The van der Waals surface area contributed by atoms with Gasteiger partial charge in [-0.25, -0.2) is 9.97 Å². The third-order valence-electron chi connectivity index (χ3n) is 4.25. The van der Waals surface area contributed by atoms with Crippen LogP contribution in [0, 0.1) is 0 Å². The van der Waals surface area contributed by atoms with E-state index in [2.05, 4.69) is 15.3 Å². The van der Waals surface area contributed by atoms with Gasteiger partial charge in [-0.1, -0.05) is 11.6 Å². The van der Waals surface area contributed by atoms with Crippen LogP contribution in [-0.4, -0.2) is 26.4 Å². The third-order valence-corrected chi connectivity index (χ3v) is 4.55. The molecule has 0 saturated heterocycles. The maximum Gasteiger partial charge on any atom is 0.275 e. The smallest absolute Gasteiger partial charge is 0.275 e. The van der Waals surface area contributed by atoms with Crippen LogP contribution in [0.15, 0.2) is 42.9 Å². The van der Waals surface area contributed by atoms with E-state index >= 15 is 0 Å². The fraction of sp³-hybridized carbons (Fsp3) is 0.278. The molecule has 25 heavy (non-hydrogen) atoms. The SMILES string of the molecule is O=C(Nc1ccc(OC2CCCC2)c(Cl)c1)c1cn2cccnc2n1. The number of nitrogens with one attached hydrogen (secondary N) is 1. The van der Waals surface area contributed by atoms with Crippen molar-refractivity contribution in [2.45, 2.75) is 31.8 Å². The molecule has 0 radical (unpaired) electrons. The summed E-state index contributed by atoms with van der Waals surface area (Å²) in [6.07, 6.45) is 9.83. The number of amides is 1. The molecule has 1 fully saturated rings. The summed E-state index contributed by atoms with van der Waals surface area (Å²) in [5, 5.41) is 3.29. The molecule has 1 amide bonds. The zero-order chi connectivity index (χ0) is 17.2. The Morgan fingerprint density at radius 2 is 2.16 bits per heavy atom. The number of hydrogen-bond donors (Lipinski definition) is 1. The number of imidazole rings is 1. The number of halogens is 1. The molecule has 0 bridgehead atoms. The van der Waals surface area contributed by atoms with Gasteiger partial charge in [0, 0.05) is 24.3 Å². The molecule has 128 valence electrons. The lowest BCUT2D eigenvalue weighted by Gasteiger charge is -2.15. The van der Waals surface area contributed by atoms with Crippen LogP contribution in [-0.2, 0) is 0 Å². The average molecular weight is 357 g/mol. The van der Waals surface area contributed by atoms with Crippen molar-refractivity contribution in [3.63, 3.8) is 0 Å². The van der Waals surface area contributed by atoms with Crippen molar-refractivity contribution in [3.05, 3.63) is 53.6 Å². The van der Waals surface area contributed by atoms with Gasteiger partial charge in [0.1, 0.15) is 11.4 Å². The van der Waals surface area contributed by atoms with Gasteiger partial charge < -0.3 is 10.1 Å². The molecule has 2 aromatic heterocycles. The van der Waals surface area contributed by atoms with E-state index in [1.165, 1.54) is 12.8 Å². The summed E-state index contributed by atoms with van der Waals surface area (Å²) < 4.78 is 7.62. The van der Waals surface area contributed by atoms with Gasteiger partial charge in [-0.05, 0) is 49.9 Å². The lowest BCUT2D eigenvalue weighted by atomic mass is 10.2. The second kappa shape index (κ2) is 6.72. The van der Waals surface area contributed by atoms with Gasteiger partial charge in [-0.15, -0.1) is 0 Å². The van der Waals surface area contributed by atoms with Gasteiger partial charge in [-0.3, -0.25) is 9.20 Å². The van der Waals surface area contributed by atoms with E-state index in [-0.39, 0.29) is 12.0 Å². The molecule has 1 aliphatic rings. The largest absolute Gasteiger partial charge is 0.489 e. The number of hydrogen-bond acceptors (Lipinski definition) is 4. The number of rotatable bonds is 4. The van der Waals surface area contributed by atoms with Crippen molar-refractivity contribution < 1.29 is 9.53 Å². The number of carbonyl (C=O) groups excluding carboxylic acids is 1. The van der Waals surface area contributed by atoms with E-state index < -0.39 is 0 Å². The quantitative estimate of drug-likeness (QED) is 0.768. The number of anilines is 1. The van der Waals surface area contributed by atoms with E-state index in [0.717, 1.165) is 12.8 Å². The molecule has 6 nitrogen and oxygen atoms in total. The maximum absolute atomic E-state index is 12.4. The molecule has 1 saturated carbocycles. The molecular formula is C18H17ClN4O2. The standard InChI is InChI=1S/C18H17ClN4O2/c19-14-10-12(6-7-16(14)25-13-4-1-2-5-13)21-17(24)15-11-23-9-3-8-20-18(23)22-15/h3,6-11,13H,1-2,4-5H2,(H,21,24). The van der Waals surface area contributed by atoms with Crippen LogP contribution in [0.1, 0.15) is 36.2 Å². The van der Waals surface area contributed by atoms with Gasteiger partial charge in [0.15, 0.2) is 0 Å². The van der Waals surface area contributed by atoms with E-state index in [1.54, 1.807) is 47.3 Å². The molecule has 2 heterocycles. The molecule has 0 atom stereocenters. The molecular weight excluding hydrogens is 340 g/mol. The van der Waals surface area contributed by atoms with E-state index in [1.807, 2.05) is 0 Å². The molecule has 1 aliphatic carbocycles. The Hall–Kier alpha value is -2.60. The first-order valence-corrected chi connectivity index (χ1v) is 8.64. The molecule has 0 unspecified atom stereocenters. The molecule has 0 spiro atoms. The highest BCUT2D eigenvalue weighted by molar-refractivity contribution is 6.32. The number of benzene rings is 1. The van der Waals surface area contributed by atoms with Crippen molar-refractivity contribution in [2.24, 2.45) is 0 Å². The normalized spacial score (nSPS) is 14.8. The summed E-state index contributed by atoms with van der Waals surface area (Å²) in [5.74, 6) is 0.820. The zero-order valence-electron chi connectivity index (χ0n) is 13.5. The Labute approximate surface area is 149 Å². The summed E-state index contributed by atoms with van der Waals surface area (Å²) in [6, 6.07) is 7.04. The van der Waals surface area contributed by atoms with Crippen LogP contribution in [0.3, 0.4) is 0 Å². The maximum atomic E-state index is 12.4. The molecule has 7 heteroatoms. The van der Waals surface area contributed by atoms with Crippen LogP contribution >= 0.6 is 11.6 Å². The van der Waals surface area contributed by atoms with Gasteiger partial charge >= 0.3 is 0 Å². The van der Waals surface area contributed by atoms with Crippen molar-refractivity contribution >= 4 is 29.0 Å². The van der Waals surface area contributed by atoms with Crippen LogP contribution in [0.4, 0.5) is 5.69 Å². The topological polar surface area (TPSA) is 68.5 Å². The first-order chi connectivity index (χ1) is 12.2. The van der Waals surface area contributed by atoms with Crippen molar-refractivity contribution in [1.29, 1.82) is 0 Å². The van der Waals surface area contributed by atoms with Gasteiger partial charge in [0.25, 0.3) is 5.91 Å². The number of carbonyl (C=O) groups is 1. The Bertz CT molecular complexity index is 885. The fourth-order valence-electron chi connectivity index (χ4n) is 2.99. The first kappa shape index (κ1) is 15.9. The molecule has 1 aromatic carbocycles. The minimum Gasteiger partial charge on any atom is -0.489 e. The highest BCUT2D eigenvalue weighted by Crippen LogP contribution is 2.31. The number of nitrogens with zero attached hydrogens (tertiary/aromatic N) is 3. The van der Waals surface area contributed by atoms with Crippen LogP contribution in [0.2, 0.25) is 5.02 Å². The summed E-state index contributed by atoms with van der Waals surface area (Å²) >= 11 is 6.30. The van der Waals surface area contributed by atoms with Gasteiger partial charge in [0.05, 0.1) is 11.1 Å². The lowest BCUT2D eigenvalue weighted by molar-refractivity contribution is 0.102. The summed E-state index contributed by atoms with van der Waals surface area (Å²) in [7, 11) is 0. The van der Waals surface area contributed by atoms with Crippen LogP contribution < -0.4 is 10.1 Å². The van der Waals surface area contributed by atoms with Crippen molar-refractivity contribution in [1.82, 2.24) is 14.4 Å². The van der Waals surface area contributed by atoms with Crippen LogP contribution in [0.5, 0.6) is 5.75 Å². The predicted molar refractivity (Wildman–Crippen MR) is 95.3 cm³/mol. The summed E-state index contributed by atoms with van der Waals surface area (Å²) in [5.41, 5.74) is 0.889. The number of fused-ring (bicyclic) bond motifs is 1. The lowest BCUT2D eigenvalue weighted by Crippen LogP contribution is -2.13. The second-order valence-corrected chi connectivity index (χ2v) is 6.48. The molecule has 4 rings (SSSR count). The number of ether oxygens (including phenoxy) is 1. The van der Waals surface area contributed by atoms with Gasteiger partial charge in [0.2, 0.25) is 5.78 Å². The predicted octanol–water partition coefficient (Wildman–Crippen LogP) is 3.96. The van der Waals surface area contributed by atoms with Gasteiger partial charge in [-0.2, -0.15) is 0 Å². The number of aromatic nitrogens is 3. The monoisotopic (exact) mass is 356 g/mol. The average Bonchev–Trinajstić information content (AvgIpc) is 3.26. The van der Waals surface area contributed by atoms with E-state index in [4.69, 9.17) is 16.3 Å². The Morgan fingerprint density at radius 3 is 2.92 bits per heavy atom. The van der Waals surface area contributed by atoms with Crippen molar-refractivity contribution in [2.75, 3.05) is 5.32 Å². The Balaban J connectivity index is 1.48. The van der Waals surface area contributed by atoms with E-state index in [9.17, 15) is 4.79 Å². The zero-order valence-corrected chi connectivity index (χ0v) is 14.2. The highest BCUT2D eigenvalue weighted by Gasteiger charge is 2.18. The highest BCUT2D eigenvalue weighted by atomic mass is 35.5. The minimum atomic E-state index is -0.314. The Kier molecular flexibility index (Phi) is 4.28. The third kappa shape index (κ3) is 3.44. The molecule has 1 N–H and O–H groups in total. The summed E-state index contributed by atoms with van der Waals surface area (Å²) in [4.78, 5) is 20.7. The molecule has 3 aromatic rings. The Morgan fingerprint density at radius 1 is 1.32 bits per heavy atom. The second-order valence-electron chi connectivity index (χ2n) is 6.08. The molecule has 0 aliphatic heterocycles. The minimum absolute atomic E-state index is 0.239. The van der Waals surface area contributed by atoms with E-state index in [0.29, 0.717) is 27.9 Å². The van der Waals surface area contributed by atoms with Crippen LogP contribution in [0.25, 0.3) is 5.78 Å². The first-order valence-electron chi connectivity index (χ1n) is 8.26. The van der Waals surface area contributed by atoms with Crippen molar-refractivity contribution in [3.8, 4) is 5.75 Å².